The molecule has 1 unspecified atom stereocenters. The van der Waals surface area contributed by atoms with E-state index in [1.807, 2.05) is 40.0 Å². The third-order valence-corrected chi connectivity index (χ3v) is 7.87. The van der Waals surface area contributed by atoms with E-state index in [1.165, 1.54) is 0 Å². The average Bonchev–Trinajstić information content (AvgIpc) is 2.86. The van der Waals surface area contributed by atoms with Crippen molar-refractivity contribution in [2.24, 2.45) is 11.8 Å². The van der Waals surface area contributed by atoms with E-state index in [-0.39, 0.29) is 60.3 Å². The lowest BCUT2D eigenvalue weighted by atomic mass is 9.95. The molecule has 3 amide bonds. The van der Waals surface area contributed by atoms with Gasteiger partial charge in [-0.1, -0.05) is 40.2 Å². The molecule has 0 radical (unpaired) electrons. The second kappa shape index (κ2) is 16.4. The number of aliphatic hydroxyl groups excluding tert-OH is 1. The van der Waals surface area contributed by atoms with Gasteiger partial charge in [0, 0.05) is 18.7 Å². The first-order valence-electron chi connectivity index (χ1n) is 13.8. The molecule has 4 atom stereocenters. The third-order valence-electron chi connectivity index (χ3n) is 7.22. The van der Waals surface area contributed by atoms with Gasteiger partial charge in [0.15, 0.2) is 0 Å². The average molecular weight is 541 g/mol. The maximum atomic E-state index is 13.7. The van der Waals surface area contributed by atoms with Crippen LogP contribution in [0.2, 0.25) is 0 Å². The van der Waals surface area contributed by atoms with Crippen LogP contribution in [0.15, 0.2) is 11.6 Å². The molecule has 9 heteroatoms. The van der Waals surface area contributed by atoms with Crippen LogP contribution in [0.25, 0.3) is 0 Å². The van der Waals surface area contributed by atoms with Crippen LogP contribution in [0.1, 0.15) is 74.1 Å². The molecule has 0 aromatic rings. The number of nitrogens with zero attached hydrogens (tertiary/aromatic N) is 2. The maximum absolute atomic E-state index is 13.7. The fourth-order valence-electron chi connectivity index (χ4n) is 4.83. The zero-order valence-electron chi connectivity index (χ0n) is 24.5. The molecule has 1 rings (SSSR count). The summed E-state index contributed by atoms with van der Waals surface area (Å²) in [6, 6.07) is -1.22. The molecule has 1 heterocycles. The summed E-state index contributed by atoms with van der Waals surface area (Å²) in [6.45, 7) is 14.6. The number of aliphatic hydroxyl groups is 1. The Bertz CT molecular complexity index is 771. The van der Waals surface area contributed by atoms with E-state index >= 15 is 0 Å². The fraction of sp³-hybridized carbons (Fsp3) is 0.821. The van der Waals surface area contributed by atoms with Gasteiger partial charge in [-0.15, -0.1) is 0 Å². The molecule has 0 bridgehead atoms. The first-order chi connectivity index (χ1) is 17.3. The van der Waals surface area contributed by atoms with Crippen LogP contribution < -0.4 is 10.6 Å². The topological polar surface area (TPSA) is 102 Å². The molecule has 1 saturated heterocycles. The van der Waals surface area contributed by atoms with Gasteiger partial charge in [0.1, 0.15) is 6.04 Å². The van der Waals surface area contributed by atoms with Crippen molar-refractivity contribution in [2.75, 3.05) is 32.2 Å². The minimum Gasteiger partial charge on any atom is -0.394 e. The van der Waals surface area contributed by atoms with Gasteiger partial charge < -0.3 is 20.6 Å². The molecule has 0 aromatic carbocycles. The SMILES string of the molecule is CSCC[C@@H](CO)NC(=O)C(C)=C[C@H](C(C)C)N(C)C(=O)[C@@H](NC(=O)C1CCCCN1C(C)C)C(C)C. The molecule has 0 spiro atoms. The van der Waals surface area contributed by atoms with Crippen molar-refractivity contribution in [3.63, 3.8) is 0 Å². The summed E-state index contributed by atoms with van der Waals surface area (Å²) in [5, 5.41) is 15.6. The van der Waals surface area contributed by atoms with Crippen LogP contribution in [0.4, 0.5) is 0 Å². The molecule has 8 nitrogen and oxygen atoms in total. The molecule has 0 saturated carbocycles. The van der Waals surface area contributed by atoms with Gasteiger partial charge in [-0.05, 0) is 70.4 Å². The van der Waals surface area contributed by atoms with Gasteiger partial charge in [-0.3, -0.25) is 19.3 Å². The predicted molar refractivity (Wildman–Crippen MR) is 153 cm³/mol. The van der Waals surface area contributed by atoms with Crippen molar-refractivity contribution in [3.05, 3.63) is 11.6 Å². The van der Waals surface area contributed by atoms with Crippen LogP contribution in [0.5, 0.6) is 0 Å². The molecule has 37 heavy (non-hydrogen) atoms. The van der Waals surface area contributed by atoms with Gasteiger partial charge in [-0.2, -0.15) is 11.8 Å². The second-order valence-electron chi connectivity index (χ2n) is 11.2. The molecular weight excluding hydrogens is 488 g/mol. The van der Waals surface area contributed by atoms with Crippen molar-refractivity contribution < 1.29 is 19.5 Å². The molecule has 214 valence electrons. The predicted octanol–water partition coefficient (Wildman–Crippen LogP) is 3.05. The van der Waals surface area contributed by atoms with Gasteiger partial charge >= 0.3 is 0 Å². The molecule has 0 aliphatic carbocycles. The van der Waals surface area contributed by atoms with Crippen molar-refractivity contribution >= 4 is 29.5 Å². The lowest BCUT2D eigenvalue weighted by Crippen LogP contribution is -2.58. The monoisotopic (exact) mass is 540 g/mol. The zero-order chi connectivity index (χ0) is 28.3. The summed E-state index contributed by atoms with van der Waals surface area (Å²) < 4.78 is 0. The summed E-state index contributed by atoms with van der Waals surface area (Å²) in [4.78, 5) is 43.7. The number of rotatable bonds is 14. The van der Waals surface area contributed by atoms with Crippen molar-refractivity contribution in [1.82, 2.24) is 20.4 Å². The number of amides is 3. The molecule has 1 fully saturated rings. The molecule has 0 aromatic heterocycles. The lowest BCUT2D eigenvalue weighted by Gasteiger charge is -2.39. The summed E-state index contributed by atoms with van der Waals surface area (Å²) in [6.07, 6.45) is 7.40. The Labute approximate surface area is 229 Å². The second-order valence-corrected chi connectivity index (χ2v) is 12.2. The van der Waals surface area contributed by atoms with E-state index in [9.17, 15) is 19.5 Å². The van der Waals surface area contributed by atoms with E-state index in [4.69, 9.17) is 0 Å². The lowest BCUT2D eigenvalue weighted by molar-refractivity contribution is -0.140. The largest absolute Gasteiger partial charge is 0.394 e. The molecule has 1 aliphatic heterocycles. The summed E-state index contributed by atoms with van der Waals surface area (Å²) in [5.74, 6) is 0.329. The normalized spacial score (nSPS) is 19.6. The number of piperidine rings is 1. The standard InChI is InChI=1S/C28H52N4O4S/c1-18(2)24(16-21(7)26(34)29-22(17-33)13-15-37-9)31(8)28(36)25(19(3)4)30-27(35)23-12-10-11-14-32(23)20(5)6/h16,18-20,22-25,33H,10-15,17H2,1-9H3,(H,29,34)(H,30,35)/t22-,23?,24+,25-/m0/s1. The number of carbonyl (C=O) groups excluding carboxylic acids is 3. The van der Waals surface area contributed by atoms with Gasteiger partial charge in [-0.25, -0.2) is 0 Å². The Morgan fingerprint density at radius 3 is 2.24 bits per heavy atom. The van der Waals surface area contributed by atoms with Crippen LogP contribution >= 0.6 is 11.8 Å². The molecule has 3 N–H and O–H groups in total. The smallest absolute Gasteiger partial charge is 0.246 e. The Morgan fingerprint density at radius 2 is 1.73 bits per heavy atom. The Morgan fingerprint density at radius 1 is 1.08 bits per heavy atom. The Kier molecular flexibility index (Phi) is 14.8. The first-order valence-corrected chi connectivity index (χ1v) is 15.2. The number of hydrogen-bond donors (Lipinski definition) is 3. The summed E-state index contributed by atoms with van der Waals surface area (Å²) in [7, 11) is 1.74. The van der Waals surface area contributed by atoms with Gasteiger partial charge in [0.2, 0.25) is 17.7 Å². The van der Waals surface area contributed by atoms with Crippen molar-refractivity contribution in [3.8, 4) is 0 Å². The van der Waals surface area contributed by atoms with Crippen LogP contribution in [0, 0.1) is 11.8 Å². The first kappa shape index (κ1) is 33.4. The zero-order valence-corrected chi connectivity index (χ0v) is 25.4. The highest BCUT2D eigenvalue weighted by molar-refractivity contribution is 7.98. The van der Waals surface area contributed by atoms with E-state index in [2.05, 4.69) is 29.4 Å². The van der Waals surface area contributed by atoms with E-state index in [0.717, 1.165) is 31.6 Å². The fourth-order valence-corrected chi connectivity index (χ4v) is 5.35. The van der Waals surface area contributed by atoms with Gasteiger partial charge in [0.25, 0.3) is 0 Å². The molecular formula is C28H52N4O4S. The van der Waals surface area contributed by atoms with E-state index in [1.54, 1.807) is 30.6 Å². The number of likely N-dealkylation sites (tertiary alicyclic amines) is 1. The van der Waals surface area contributed by atoms with Crippen molar-refractivity contribution in [1.29, 1.82) is 0 Å². The Balaban J connectivity index is 3.03. The van der Waals surface area contributed by atoms with E-state index in [0.29, 0.717) is 12.0 Å². The van der Waals surface area contributed by atoms with Crippen LogP contribution in [-0.2, 0) is 14.4 Å². The number of thioether (sulfide) groups is 1. The summed E-state index contributed by atoms with van der Waals surface area (Å²) in [5.41, 5.74) is 0.501. The highest BCUT2D eigenvalue weighted by atomic mass is 32.2. The van der Waals surface area contributed by atoms with Crippen LogP contribution in [0.3, 0.4) is 0 Å². The highest BCUT2D eigenvalue weighted by Crippen LogP contribution is 2.21. The third kappa shape index (κ3) is 10.2. The van der Waals surface area contributed by atoms with Crippen molar-refractivity contribution in [2.45, 2.75) is 104 Å². The minimum atomic E-state index is -0.650. The maximum Gasteiger partial charge on any atom is 0.246 e. The summed E-state index contributed by atoms with van der Waals surface area (Å²) >= 11 is 1.67. The van der Waals surface area contributed by atoms with E-state index < -0.39 is 6.04 Å². The number of carbonyl (C=O) groups is 3. The Hall–Kier alpha value is -1.58. The molecule has 1 aliphatic rings. The number of nitrogens with one attached hydrogen (secondary N) is 2. The highest BCUT2D eigenvalue weighted by Gasteiger charge is 2.36. The van der Waals surface area contributed by atoms with Crippen LogP contribution in [-0.4, -0.2) is 95.0 Å². The van der Waals surface area contributed by atoms with Gasteiger partial charge in [0.05, 0.1) is 24.7 Å². The number of hydrogen-bond acceptors (Lipinski definition) is 6. The quantitative estimate of drug-likeness (QED) is 0.293. The number of likely N-dealkylation sites (N-methyl/N-ethyl adjacent to an activating group) is 1. The minimum absolute atomic E-state index is 0.0557.